The Morgan fingerprint density at radius 2 is 2.33 bits per heavy atom. The zero-order chi connectivity index (χ0) is 11.0. The molecule has 0 bridgehead atoms. The van der Waals surface area contributed by atoms with Crippen LogP contribution in [-0.4, -0.2) is 27.7 Å². The summed E-state index contributed by atoms with van der Waals surface area (Å²) in [5.41, 5.74) is 1.45. The van der Waals surface area contributed by atoms with Crippen LogP contribution in [0.15, 0.2) is 12.3 Å². The lowest BCUT2D eigenvalue weighted by Gasteiger charge is -2.02. The van der Waals surface area contributed by atoms with Crippen LogP contribution >= 0.6 is 11.6 Å². The van der Waals surface area contributed by atoms with Crippen LogP contribution in [-0.2, 0) is 4.74 Å². The molecule has 0 saturated heterocycles. The summed E-state index contributed by atoms with van der Waals surface area (Å²) in [6, 6.07) is 1.60. The van der Waals surface area contributed by atoms with Crippen LogP contribution in [0.25, 0.3) is 5.65 Å². The monoisotopic (exact) mass is 225 g/mol. The average Bonchev–Trinajstić information content (AvgIpc) is 2.60. The van der Waals surface area contributed by atoms with Crippen LogP contribution in [0.3, 0.4) is 0 Å². The first-order valence-corrected chi connectivity index (χ1v) is 4.60. The molecule has 78 valence electrons. The largest absolute Gasteiger partial charge is 0.464 e. The van der Waals surface area contributed by atoms with Crippen LogP contribution in [0.1, 0.15) is 16.2 Å². The first-order chi connectivity index (χ1) is 7.13. The number of halogens is 1. The molecule has 0 aliphatic rings. The van der Waals surface area contributed by atoms with Crippen molar-refractivity contribution in [3.05, 3.63) is 28.7 Å². The van der Waals surface area contributed by atoms with E-state index in [1.807, 2.05) is 6.92 Å². The molecule has 0 fully saturated rings. The number of hydrogen-bond acceptors (Lipinski definition) is 4. The molecule has 0 aliphatic carbocycles. The summed E-state index contributed by atoms with van der Waals surface area (Å²) in [7, 11) is 1.31. The zero-order valence-electron chi connectivity index (χ0n) is 8.19. The van der Waals surface area contributed by atoms with Crippen molar-refractivity contribution in [3.63, 3.8) is 0 Å². The molecule has 0 amide bonds. The van der Waals surface area contributed by atoms with Gasteiger partial charge in [0, 0.05) is 5.69 Å². The second-order valence-electron chi connectivity index (χ2n) is 3.00. The van der Waals surface area contributed by atoms with Crippen LogP contribution in [0.5, 0.6) is 0 Å². The zero-order valence-corrected chi connectivity index (χ0v) is 8.95. The van der Waals surface area contributed by atoms with Gasteiger partial charge in [-0.3, -0.25) is 0 Å². The molecule has 0 aromatic carbocycles. The van der Waals surface area contributed by atoms with Crippen molar-refractivity contribution in [1.29, 1.82) is 0 Å². The van der Waals surface area contributed by atoms with E-state index >= 15 is 0 Å². The van der Waals surface area contributed by atoms with E-state index < -0.39 is 5.97 Å². The predicted molar refractivity (Wildman–Crippen MR) is 54.1 cm³/mol. The van der Waals surface area contributed by atoms with Gasteiger partial charge in [0.05, 0.1) is 13.3 Å². The highest BCUT2D eigenvalue weighted by Gasteiger charge is 2.12. The number of fused-ring (bicyclic) bond motifs is 1. The minimum Gasteiger partial charge on any atom is -0.464 e. The number of methoxy groups -OCH3 is 1. The number of nitrogens with zero attached hydrogens (tertiary/aromatic N) is 3. The van der Waals surface area contributed by atoms with E-state index in [0.29, 0.717) is 10.7 Å². The van der Waals surface area contributed by atoms with E-state index in [4.69, 9.17) is 11.6 Å². The molecule has 0 atom stereocenters. The Hall–Kier alpha value is -1.62. The highest BCUT2D eigenvalue weighted by Crippen LogP contribution is 2.16. The van der Waals surface area contributed by atoms with Gasteiger partial charge in [0.2, 0.25) is 0 Å². The Balaban J connectivity index is 2.70. The fourth-order valence-corrected chi connectivity index (χ4v) is 1.46. The summed E-state index contributed by atoms with van der Waals surface area (Å²) in [6.07, 6.45) is 1.48. The first-order valence-electron chi connectivity index (χ1n) is 4.22. The molecule has 2 aromatic heterocycles. The van der Waals surface area contributed by atoms with Gasteiger partial charge in [0.1, 0.15) is 5.02 Å². The lowest BCUT2D eigenvalue weighted by atomic mass is 10.3. The second-order valence-corrected chi connectivity index (χ2v) is 3.41. The lowest BCUT2D eigenvalue weighted by Crippen LogP contribution is -2.07. The van der Waals surface area contributed by atoms with E-state index in [0.717, 1.165) is 5.69 Å². The summed E-state index contributed by atoms with van der Waals surface area (Å²) >= 11 is 5.87. The molecule has 15 heavy (non-hydrogen) atoms. The molecule has 0 spiro atoms. The summed E-state index contributed by atoms with van der Waals surface area (Å²) in [5.74, 6) is -0.488. The topological polar surface area (TPSA) is 56.5 Å². The summed E-state index contributed by atoms with van der Waals surface area (Å²) in [6.45, 7) is 1.81. The van der Waals surface area contributed by atoms with Crippen LogP contribution in [0.4, 0.5) is 0 Å². The van der Waals surface area contributed by atoms with E-state index in [2.05, 4.69) is 14.8 Å². The maximum Gasteiger partial charge on any atom is 0.356 e. The van der Waals surface area contributed by atoms with Gasteiger partial charge in [-0.25, -0.2) is 14.3 Å². The summed E-state index contributed by atoms with van der Waals surface area (Å²) in [4.78, 5) is 15.3. The lowest BCUT2D eigenvalue weighted by molar-refractivity contribution is 0.0594. The molecular weight excluding hydrogens is 218 g/mol. The molecule has 0 N–H and O–H groups in total. The first kappa shape index (κ1) is 9.92. The molecule has 0 unspecified atom stereocenters. The third-order valence-corrected chi connectivity index (χ3v) is 2.27. The van der Waals surface area contributed by atoms with Crippen molar-refractivity contribution in [2.75, 3.05) is 7.11 Å². The normalized spacial score (nSPS) is 10.6. The molecule has 0 radical (unpaired) electrons. The van der Waals surface area contributed by atoms with Crippen LogP contribution in [0.2, 0.25) is 5.02 Å². The van der Waals surface area contributed by atoms with Crippen molar-refractivity contribution in [1.82, 2.24) is 14.6 Å². The fourth-order valence-electron chi connectivity index (χ4n) is 1.30. The minimum atomic E-state index is -0.488. The molecule has 0 saturated carbocycles. The quantitative estimate of drug-likeness (QED) is 0.690. The Kier molecular flexibility index (Phi) is 2.32. The average molecular weight is 226 g/mol. The minimum absolute atomic E-state index is 0.227. The highest BCUT2D eigenvalue weighted by molar-refractivity contribution is 6.33. The Bertz CT molecular complexity index is 535. The third kappa shape index (κ3) is 1.55. The van der Waals surface area contributed by atoms with Gasteiger partial charge in [-0.15, -0.1) is 0 Å². The number of carbonyl (C=O) groups excluding carboxylic acids is 1. The van der Waals surface area contributed by atoms with Crippen molar-refractivity contribution in [2.24, 2.45) is 0 Å². The number of ether oxygens (including phenoxy) is 1. The van der Waals surface area contributed by atoms with Gasteiger partial charge >= 0.3 is 5.97 Å². The molecule has 2 aromatic rings. The van der Waals surface area contributed by atoms with Crippen molar-refractivity contribution in [3.8, 4) is 0 Å². The van der Waals surface area contributed by atoms with E-state index in [-0.39, 0.29) is 5.69 Å². The number of aryl methyl sites for hydroxylation is 1. The standard InChI is InChI=1S/C9H8ClN3O2/c1-5-3-7(9(14)15-2)12-8-6(10)4-11-13(5)8/h3-4H,1-2H3. The third-order valence-electron chi connectivity index (χ3n) is 2.00. The Morgan fingerprint density at radius 1 is 1.60 bits per heavy atom. The van der Waals surface area contributed by atoms with Gasteiger partial charge in [-0.05, 0) is 13.0 Å². The number of aromatic nitrogens is 3. The van der Waals surface area contributed by atoms with Gasteiger partial charge < -0.3 is 4.74 Å². The number of carbonyl (C=O) groups is 1. The number of esters is 1. The predicted octanol–water partition coefficient (Wildman–Crippen LogP) is 1.48. The van der Waals surface area contributed by atoms with Crippen LogP contribution < -0.4 is 0 Å². The van der Waals surface area contributed by atoms with Gasteiger partial charge in [0.25, 0.3) is 0 Å². The number of rotatable bonds is 1. The smallest absolute Gasteiger partial charge is 0.356 e. The van der Waals surface area contributed by atoms with Crippen molar-refractivity contribution < 1.29 is 9.53 Å². The maximum atomic E-state index is 11.3. The Morgan fingerprint density at radius 3 is 3.00 bits per heavy atom. The van der Waals surface area contributed by atoms with Crippen molar-refractivity contribution in [2.45, 2.75) is 6.92 Å². The van der Waals surface area contributed by atoms with E-state index in [9.17, 15) is 4.79 Å². The second kappa shape index (κ2) is 3.51. The molecule has 2 heterocycles. The molecular formula is C9H8ClN3O2. The maximum absolute atomic E-state index is 11.3. The summed E-state index contributed by atoms with van der Waals surface area (Å²) < 4.78 is 6.15. The number of hydrogen-bond donors (Lipinski definition) is 0. The van der Waals surface area contributed by atoms with Gasteiger partial charge in [-0.2, -0.15) is 5.10 Å². The van der Waals surface area contributed by atoms with Crippen molar-refractivity contribution >= 4 is 23.2 Å². The fraction of sp³-hybridized carbons (Fsp3) is 0.222. The molecule has 0 aliphatic heterocycles. The van der Waals surface area contributed by atoms with E-state index in [1.54, 1.807) is 10.6 Å². The molecule has 2 rings (SSSR count). The molecule has 6 heteroatoms. The highest BCUT2D eigenvalue weighted by atomic mass is 35.5. The SMILES string of the molecule is COC(=O)c1cc(C)n2ncc(Cl)c2n1. The Labute approximate surface area is 90.6 Å². The van der Waals surface area contributed by atoms with Crippen LogP contribution in [0, 0.1) is 6.92 Å². The van der Waals surface area contributed by atoms with E-state index in [1.165, 1.54) is 13.3 Å². The molecule has 5 nitrogen and oxygen atoms in total. The summed E-state index contributed by atoms with van der Waals surface area (Å²) in [5, 5.41) is 4.42. The van der Waals surface area contributed by atoms with Gasteiger partial charge in [-0.1, -0.05) is 11.6 Å². The van der Waals surface area contributed by atoms with Gasteiger partial charge in [0.15, 0.2) is 11.3 Å².